The van der Waals surface area contributed by atoms with Gasteiger partial charge in [0.1, 0.15) is 0 Å². The number of aliphatic hydroxyl groups is 1. The van der Waals surface area contributed by atoms with Crippen molar-refractivity contribution >= 4 is 11.6 Å². The summed E-state index contributed by atoms with van der Waals surface area (Å²) >= 11 is 6.20. The van der Waals surface area contributed by atoms with Crippen LogP contribution in [-0.2, 0) is 13.1 Å². The van der Waals surface area contributed by atoms with Crippen molar-refractivity contribution in [2.75, 3.05) is 13.2 Å². The molecule has 4 nitrogen and oxygen atoms in total. The van der Waals surface area contributed by atoms with Gasteiger partial charge in [0, 0.05) is 19.7 Å². The summed E-state index contributed by atoms with van der Waals surface area (Å²) in [7, 11) is 0. The molecule has 0 aliphatic carbocycles. The van der Waals surface area contributed by atoms with E-state index in [4.69, 9.17) is 16.7 Å². The average Bonchev–Trinajstić information content (AvgIpc) is 2.60. The van der Waals surface area contributed by atoms with E-state index in [2.05, 4.69) is 17.3 Å². The van der Waals surface area contributed by atoms with Gasteiger partial charge in [-0.25, -0.2) is 0 Å². The average molecular weight is 260 g/mol. The van der Waals surface area contributed by atoms with Crippen molar-refractivity contribution in [3.63, 3.8) is 0 Å². The summed E-state index contributed by atoms with van der Waals surface area (Å²) in [6.07, 6.45) is 3.02. The van der Waals surface area contributed by atoms with Crippen LogP contribution in [0.2, 0.25) is 5.02 Å². The van der Waals surface area contributed by atoms with Crippen LogP contribution >= 0.6 is 11.6 Å². The number of hydrogen-bond acceptors (Lipinski definition) is 3. The topological polar surface area (TPSA) is 50.1 Å². The molecule has 5 heteroatoms. The van der Waals surface area contributed by atoms with E-state index in [1.54, 1.807) is 0 Å². The maximum absolute atomic E-state index is 8.66. The Labute approximate surface area is 108 Å². The summed E-state index contributed by atoms with van der Waals surface area (Å²) in [6.45, 7) is 6.83. The van der Waals surface area contributed by atoms with Gasteiger partial charge in [0.15, 0.2) is 0 Å². The van der Waals surface area contributed by atoms with Gasteiger partial charge >= 0.3 is 0 Å². The monoisotopic (exact) mass is 259 g/mol. The predicted octanol–water partition coefficient (Wildman–Crippen LogP) is 2.12. The number of rotatable bonds is 8. The van der Waals surface area contributed by atoms with E-state index < -0.39 is 0 Å². The van der Waals surface area contributed by atoms with Gasteiger partial charge in [-0.1, -0.05) is 11.6 Å². The number of unbranched alkanes of at least 4 members (excludes halogenated alkanes) is 2. The van der Waals surface area contributed by atoms with Gasteiger partial charge < -0.3 is 10.4 Å². The third kappa shape index (κ3) is 4.30. The Morgan fingerprint density at radius 2 is 2.12 bits per heavy atom. The zero-order chi connectivity index (χ0) is 12.7. The third-order valence-corrected chi connectivity index (χ3v) is 3.25. The Balaban J connectivity index is 2.35. The number of aliphatic hydroxyl groups excluding tert-OH is 1. The molecule has 0 spiro atoms. The number of halogens is 1. The molecule has 0 radical (unpaired) electrons. The molecule has 2 N–H and O–H groups in total. The lowest BCUT2D eigenvalue weighted by molar-refractivity contribution is 0.283. The van der Waals surface area contributed by atoms with Gasteiger partial charge in [-0.2, -0.15) is 5.10 Å². The highest BCUT2D eigenvalue weighted by Crippen LogP contribution is 2.19. The summed E-state index contributed by atoms with van der Waals surface area (Å²) in [6, 6.07) is 0. The molecule has 0 aliphatic rings. The van der Waals surface area contributed by atoms with Crippen molar-refractivity contribution in [3.05, 3.63) is 16.4 Å². The molecule has 1 heterocycles. The first-order valence-corrected chi connectivity index (χ1v) is 6.61. The highest BCUT2D eigenvalue weighted by Gasteiger charge is 2.11. The number of aryl methyl sites for hydroxylation is 2. The van der Waals surface area contributed by atoms with Gasteiger partial charge in [0.2, 0.25) is 0 Å². The lowest BCUT2D eigenvalue weighted by Crippen LogP contribution is -2.18. The highest BCUT2D eigenvalue weighted by molar-refractivity contribution is 6.31. The molecule has 0 saturated heterocycles. The second-order valence-electron chi connectivity index (χ2n) is 4.12. The second kappa shape index (κ2) is 7.69. The Morgan fingerprint density at radius 3 is 2.76 bits per heavy atom. The van der Waals surface area contributed by atoms with Crippen LogP contribution in [0.5, 0.6) is 0 Å². The van der Waals surface area contributed by atoms with Crippen LogP contribution in [-0.4, -0.2) is 28.0 Å². The number of hydrogen-bond donors (Lipinski definition) is 2. The van der Waals surface area contributed by atoms with Crippen LogP contribution < -0.4 is 5.32 Å². The lowest BCUT2D eigenvalue weighted by Gasteiger charge is -2.07. The smallest absolute Gasteiger partial charge is 0.0860 e. The molecule has 0 bridgehead atoms. The maximum atomic E-state index is 8.66. The Kier molecular flexibility index (Phi) is 6.55. The van der Waals surface area contributed by atoms with Crippen LogP contribution in [0.4, 0.5) is 0 Å². The quantitative estimate of drug-likeness (QED) is 0.703. The van der Waals surface area contributed by atoms with Gasteiger partial charge in [-0.15, -0.1) is 0 Å². The van der Waals surface area contributed by atoms with Crippen LogP contribution in [0.1, 0.15) is 37.6 Å². The number of nitrogens with zero attached hydrogens (tertiary/aromatic N) is 2. The van der Waals surface area contributed by atoms with Crippen molar-refractivity contribution in [3.8, 4) is 0 Å². The molecule has 1 aromatic rings. The fraction of sp³-hybridized carbons (Fsp3) is 0.750. The van der Waals surface area contributed by atoms with Crippen molar-refractivity contribution in [1.82, 2.24) is 15.1 Å². The van der Waals surface area contributed by atoms with Crippen LogP contribution in [0.25, 0.3) is 0 Å². The van der Waals surface area contributed by atoms with Gasteiger partial charge in [0.05, 0.1) is 16.4 Å². The Bertz CT molecular complexity index is 339. The van der Waals surface area contributed by atoms with E-state index in [9.17, 15) is 0 Å². The maximum Gasteiger partial charge on any atom is 0.0860 e. The Hall–Kier alpha value is -0.580. The van der Waals surface area contributed by atoms with E-state index in [1.807, 2.05) is 11.6 Å². The first-order valence-electron chi connectivity index (χ1n) is 6.24. The van der Waals surface area contributed by atoms with E-state index in [1.165, 1.54) is 0 Å². The lowest BCUT2D eigenvalue weighted by atomic mass is 10.2. The first kappa shape index (κ1) is 14.5. The van der Waals surface area contributed by atoms with Crippen LogP contribution in [0.3, 0.4) is 0 Å². The number of nitrogens with one attached hydrogen (secondary N) is 1. The molecule has 1 rings (SSSR count). The van der Waals surface area contributed by atoms with E-state index >= 15 is 0 Å². The van der Waals surface area contributed by atoms with E-state index in [-0.39, 0.29) is 6.61 Å². The summed E-state index contributed by atoms with van der Waals surface area (Å²) in [5, 5.41) is 17.2. The van der Waals surface area contributed by atoms with Crippen LogP contribution in [0, 0.1) is 6.92 Å². The molecule has 0 unspecified atom stereocenters. The van der Waals surface area contributed by atoms with Crippen molar-refractivity contribution in [1.29, 1.82) is 0 Å². The molecule has 0 fully saturated rings. The second-order valence-corrected chi connectivity index (χ2v) is 4.50. The minimum atomic E-state index is 0.285. The molecule has 0 saturated carbocycles. The summed E-state index contributed by atoms with van der Waals surface area (Å²) in [4.78, 5) is 0. The molecule has 0 atom stereocenters. The molecule has 0 aromatic carbocycles. The van der Waals surface area contributed by atoms with Crippen molar-refractivity contribution < 1.29 is 5.11 Å². The largest absolute Gasteiger partial charge is 0.396 e. The molecule has 0 aliphatic heterocycles. The standard InChI is InChI=1S/C12H22ClN3O/c1-3-16-11(12(13)10(2)15-16)9-14-7-5-4-6-8-17/h14,17H,3-9H2,1-2H3. The molecular weight excluding hydrogens is 238 g/mol. The van der Waals surface area contributed by atoms with Gasteiger partial charge in [0.25, 0.3) is 0 Å². The molecule has 1 aromatic heterocycles. The fourth-order valence-electron chi connectivity index (χ4n) is 1.78. The zero-order valence-electron chi connectivity index (χ0n) is 10.7. The third-order valence-electron chi connectivity index (χ3n) is 2.76. The predicted molar refractivity (Wildman–Crippen MR) is 70.3 cm³/mol. The first-order chi connectivity index (χ1) is 8.20. The Morgan fingerprint density at radius 1 is 1.35 bits per heavy atom. The summed E-state index contributed by atoms with van der Waals surface area (Å²) < 4.78 is 1.94. The highest BCUT2D eigenvalue weighted by atomic mass is 35.5. The minimum absolute atomic E-state index is 0.285. The van der Waals surface area contributed by atoms with Crippen molar-refractivity contribution in [2.45, 2.75) is 46.2 Å². The van der Waals surface area contributed by atoms with E-state index in [0.717, 1.165) is 55.3 Å². The fourth-order valence-corrected chi connectivity index (χ4v) is 1.99. The normalized spacial score (nSPS) is 11.1. The zero-order valence-corrected chi connectivity index (χ0v) is 11.4. The van der Waals surface area contributed by atoms with Gasteiger partial charge in [-0.3, -0.25) is 4.68 Å². The van der Waals surface area contributed by atoms with Crippen LogP contribution in [0.15, 0.2) is 0 Å². The summed E-state index contributed by atoms with van der Waals surface area (Å²) in [5.74, 6) is 0. The molecule has 0 amide bonds. The molecule has 17 heavy (non-hydrogen) atoms. The summed E-state index contributed by atoms with van der Waals surface area (Å²) in [5.41, 5.74) is 1.96. The SMILES string of the molecule is CCn1nc(C)c(Cl)c1CNCCCCCO. The minimum Gasteiger partial charge on any atom is -0.396 e. The molecule has 98 valence electrons. The van der Waals surface area contributed by atoms with Gasteiger partial charge in [-0.05, 0) is 39.7 Å². The number of aromatic nitrogens is 2. The molecular formula is C12H22ClN3O. The van der Waals surface area contributed by atoms with E-state index in [0.29, 0.717) is 0 Å². The van der Waals surface area contributed by atoms with Crippen molar-refractivity contribution in [2.24, 2.45) is 0 Å².